The van der Waals surface area contributed by atoms with Gasteiger partial charge in [-0.1, -0.05) is 25.8 Å². The van der Waals surface area contributed by atoms with Crippen LogP contribution in [-0.2, 0) is 4.79 Å². The molecule has 1 aromatic carbocycles. The van der Waals surface area contributed by atoms with Crippen molar-refractivity contribution < 1.29 is 14.7 Å². The number of amides is 1. The minimum atomic E-state index is -0.981. The highest BCUT2D eigenvalue weighted by Gasteiger charge is 2.21. The van der Waals surface area contributed by atoms with E-state index in [1.807, 2.05) is 19.9 Å². The van der Waals surface area contributed by atoms with Crippen molar-refractivity contribution in [2.75, 3.05) is 0 Å². The van der Waals surface area contributed by atoms with E-state index in [1.165, 1.54) is 0 Å². The van der Waals surface area contributed by atoms with Crippen LogP contribution in [0.5, 0.6) is 0 Å². The summed E-state index contributed by atoms with van der Waals surface area (Å²) < 4.78 is 0.991. The molecule has 0 aromatic heterocycles. The van der Waals surface area contributed by atoms with Gasteiger partial charge in [0, 0.05) is 9.13 Å². The van der Waals surface area contributed by atoms with Gasteiger partial charge in [0.05, 0.1) is 0 Å². The molecule has 2 N–H and O–H groups in total. The number of rotatable bonds is 6. The van der Waals surface area contributed by atoms with Crippen LogP contribution < -0.4 is 5.32 Å². The molecular weight excluding hydrogens is 357 g/mol. The van der Waals surface area contributed by atoms with Gasteiger partial charge in [-0.25, -0.2) is 4.79 Å². The lowest BCUT2D eigenvalue weighted by atomic mass is 10.1. The van der Waals surface area contributed by atoms with E-state index < -0.39 is 12.0 Å². The van der Waals surface area contributed by atoms with Crippen LogP contribution in [0.4, 0.5) is 0 Å². The third-order valence-electron chi connectivity index (χ3n) is 2.96. The van der Waals surface area contributed by atoms with E-state index >= 15 is 0 Å². The molecule has 0 aliphatic carbocycles. The number of carbonyl (C=O) groups excluding carboxylic acids is 1. The highest BCUT2D eigenvalue weighted by molar-refractivity contribution is 14.1. The van der Waals surface area contributed by atoms with Crippen LogP contribution >= 0.6 is 22.6 Å². The highest BCUT2D eigenvalue weighted by Crippen LogP contribution is 2.16. The van der Waals surface area contributed by atoms with E-state index in [9.17, 15) is 9.59 Å². The molecule has 1 rings (SSSR count). The van der Waals surface area contributed by atoms with Crippen molar-refractivity contribution in [2.45, 2.75) is 39.2 Å². The lowest BCUT2D eigenvalue weighted by Gasteiger charge is -2.15. The molecule has 0 unspecified atom stereocenters. The Hall–Kier alpha value is -1.11. The summed E-state index contributed by atoms with van der Waals surface area (Å²) in [5.41, 5.74) is 1.41. The van der Waals surface area contributed by atoms with E-state index in [4.69, 9.17) is 5.11 Å². The van der Waals surface area contributed by atoms with Crippen molar-refractivity contribution in [3.63, 3.8) is 0 Å². The second-order valence-electron chi connectivity index (χ2n) is 4.42. The van der Waals surface area contributed by atoms with Crippen LogP contribution in [0.25, 0.3) is 0 Å². The lowest BCUT2D eigenvalue weighted by Crippen LogP contribution is -2.41. The van der Waals surface area contributed by atoms with Crippen molar-refractivity contribution in [1.82, 2.24) is 5.32 Å². The fraction of sp³-hybridized carbons (Fsp3) is 0.429. The maximum absolute atomic E-state index is 12.1. The molecule has 0 aliphatic heterocycles. The number of carbonyl (C=O) groups is 2. The fourth-order valence-corrected chi connectivity index (χ4v) is 2.25. The molecule has 0 saturated carbocycles. The number of hydrogen-bond acceptors (Lipinski definition) is 2. The number of hydrogen-bond donors (Lipinski definition) is 2. The van der Waals surface area contributed by atoms with E-state index in [0.717, 1.165) is 22.0 Å². The Morgan fingerprint density at radius 2 is 2.11 bits per heavy atom. The minimum Gasteiger partial charge on any atom is -0.480 e. The Balaban J connectivity index is 2.82. The first-order valence-electron chi connectivity index (χ1n) is 6.26. The van der Waals surface area contributed by atoms with Crippen molar-refractivity contribution in [1.29, 1.82) is 0 Å². The summed E-state index contributed by atoms with van der Waals surface area (Å²) in [4.78, 5) is 23.2. The Kier molecular flexibility index (Phi) is 6.27. The standard InChI is InChI=1S/C14H18INO3/c1-3-4-8-12(14(18)19)16-13(17)10-6-5-7-11(15)9(10)2/h5-7,12H,3-4,8H2,1-2H3,(H,16,17)(H,18,19)/t12-/m0/s1. The number of nitrogens with one attached hydrogen (secondary N) is 1. The first-order valence-corrected chi connectivity index (χ1v) is 7.34. The SMILES string of the molecule is CCCC[C@H](NC(=O)c1cccc(I)c1C)C(=O)O. The first kappa shape index (κ1) is 15.9. The summed E-state index contributed by atoms with van der Waals surface area (Å²) in [7, 11) is 0. The lowest BCUT2D eigenvalue weighted by molar-refractivity contribution is -0.139. The average molecular weight is 375 g/mol. The molecule has 0 saturated heterocycles. The molecule has 0 spiro atoms. The predicted octanol–water partition coefficient (Wildman–Crippen LogP) is 2.97. The molecule has 0 aliphatic rings. The van der Waals surface area contributed by atoms with Gasteiger partial charge in [-0.3, -0.25) is 4.79 Å². The van der Waals surface area contributed by atoms with Crippen molar-refractivity contribution in [3.05, 3.63) is 32.9 Å². The van der Waals surface area contributed by atoms with Crippen molar-refractivity contribution in [3.8, 4) is 0 Å². The van der Waals surface area contributed by atoms with Crippen molar-refractivity contribution in [2.24, 2.45) is 0 Å². The summed E-state index contributed by atoms with van der Waals surface area (Å²) in [5, 5.41) is 11.7. The molecule has 104 valence electrons. The molecule has 1 amide bonds. The number of halogens is 1. The van der Waals surface area contributed by atoms with Crippen LogP contribution in [0.3, 0.4) is 0 Å². The smallest absolute Gasteiger partial charge is 0.326 e. The normalized spacial score (nSPS) is 11.9. The Labute approximate surface area is 126 Å². The van der Waals surface area contributed by atoms with Gasteiger partial charge >= 0.3 is 5.97 Å². The molecule has 0 fully saturated rings. The fourth-order valence-electron chi connectivity index (χ4n) is 1.76. The monoisotopic (exact) mass is 375 g/mol. The number of carboxylic acid groups (broad SMARTS) is 1. The number of benzene rings is 1. The summed E-state index contributed by atoms with van der Waals surface area (Å²) in [6.07, 6.45) is 2.14. The zero-order chi connectivity index (χ0) is 14.4. The van der Waals surface area contributed by atoms with E-state index in [2.05, 4.69) is 27.9 Å². The van der Waals surface area contributed by atoms with Crippen LogP contribution in [0.1, 0.15) is 42.1 Å². The number of unbranched alkanes of at least 4 members (excludes halogenated alkanes) is 1. The third-order valence-corrected chi connectivity index (χ3v) is 4.13. The van der Waals surface area contributed by atoms with Gasteiger partial charge in [0.15, 0.2) is 0 Å². The Morgan fingerprint density at radius 3 is 2.68 bits per heavy atom. The van der Waals surface area contributed by atoms with E-state index in [1.54, 1.807) is 12.1 Å². The van der Waals surface area contributed by atoms with Crippen LogP contribution in [0.2, 0.25) is 0 Å². The molecule has 4 nitrogen and oxygen atoms in total. The van der Waals surface area contributed by atoms with Gasteiger partial charge in [0.1, 0.15) is 6.04 Å². The van der Waals surface area contributed by atoms with Crippen LogP contribution in [0.15, 0.2) is 18.2 Å². The zero-order valence-corrected chi connectivity index (χ0v) is 13.2. The average Bonchev–Trinajstić information content (AvgIpc) is 2.37. The van der Waals surface area contributed by atoms with Gasteiger partial charge in [0.25, 0.3) is 5.91 Å². The van der Waals surface area contributed by atoms with Gasteiger partial charge in [-0.05, 0) is 53.6 Å². The number of carboxylic acids is 1. The summed E-state index contributed by atoms with van der Waals surface area (Å²) in [6.45, 7) is 3.85. The molecule has 0 radical (unpaired) electrons. The Bertz CT molecular complexity index is 474. The molecule has 0 bridgehead atoms. The largest absolute Gasteiger partial charge is 0.480 e. The summed E-state index contributed by atoms with van der Waals surface area (Å²) >= 11 is 2.16. The van der Waals surface area contributed by atoms with Gasteiger partial charge in [-0.15, -0.1) is 0 Å². The quantitative estimate of drug-likeness (QED) is 0.752. The maximum Gasteiger partial charge on any atom is 0.326 e. The molecule has 5 heteroatoms. The second-order valence-corrected chi connectivity index (χ2v) is 5.58. The van der Waals surface area contributed by atoms with Crippen LogP contribution in [-0.4, -0.2) is 23.0 Å². The topological polar surface area (TPSA) is 66.4 Å². The van der Waals surface area contributed by atoms with Gasteiger partial charge in [-0.2, -0.15) is 0 Å². The Morgan fingerprint density at radius 1 is 1.42 bits per heavy atom. The van der Waals surface area contributed by atoms with Crippen LogP contribution in [0, 0.1) is 10.5 Å². The minimum absolute atomic E-state index is 0.320. The molecule has 19 heavy (non-hydrogen) atoms. The maximum atomic E-state index is 12.1. The zero-order valence-electron chi connectivity index (χ0n) is 11.1. The molecule has 1 aromatic rings. The molecule has 0 heterocycles. The van der Waals surface area contributed by atoms with Crippen molar-refractivity contribution >= 4 is 34.5 Å². The summed E-state index contributed by atoms with van der Waals surface area (Å²) in [5.74, 6) is -1.30. The predicted molar refractivity (Wildman–Crippen MR) is 82.3 cm³/mol. The molecule has 1 atom stereocenters. The molecular formula is C14H18INO3. The summed E-state index contributed by atoms with van der Waals surface area (Å²) in [6, 6.07) is 4.61. The third kappa shape index (κ3) is 4.49. The van der Waals surface area contributed by atoms with Gasteiger partial charge < -0.3 is 10.4 Å². The van der Waals surface area contributed by atoms with E-state index in [-0.39, 0.29) is 5.91 Å². The first-order chi connectivity index (χ1) is 8.97. The highest BCUT2D eigenvalue weighted by atomic mass is 127. The number of aliphatic carboxylic acids is 1. The van der Waals surface area contributed by atoms with Gasteiger partial charge in [0.2, 0.25) is 0 Å². The van der Waals surface area contributed by atoms with E-state index in [0.29, 0.717) is 12.0 Å². The second kappa shape index (κ2) is 7.47.